The maximum atomic E-state index is 5.89. The highest BCUT2D eigenvalue weighted by atomic mass is 16.5. The topological polar surface area (TPSA) is 30.5 Å². The van der Waals surface area contributed by atoms with Gasteiger partial charge in [-0.05, 0) is 38.9 Å². The lowest BCUT2D eigenvalue weighted by Crippen LogP contribution is -2.09. The number of nitrogens with one attached hydrogen (secondary N) is 1. The maximum Gasteiger partial charge on any atom is 0.126 e. The Kier molecular flexibility index (Phi) is 3.16. The van der Waals surface area contributed by atoms with Gasteiger partial charge in [0.05, 0.1) is 13.2 Å². The minimum atomic E-state index is 0.831. The summed E-state index contributed by atoms with van der Waals surface area (Å²) in [5.41, 5.74) is 5.52. The fourth-order valence-corrected chi connectivity index (χ4v) is 3.14. The molecule has 0 atom stereocenters. The molecule has 0 bridgehead atoms. The van der Waals surface area contributed by atoms with Crippen molar-refractivity contribution < 1.29 is 9.47 Å². The van der Waals surface area contributed by atoms with Crippen molar-refractivity contribution in [3.8, 4) is 11.5 Å². The van der Waals surface area contributed by atoms with Crippen LogP contribution in [0.2, 0.25) is 0 Å². The zero-order valence-electron chi connectivity index (χ0n) is 11.3. The van der Waals surface area contributed by atoms with Crippen LogP contribution in [0.15, 0.2) is 0 Å². The number of rotatable bonds is 4. The van der Waals surface area contributed by atoms with E-state index in [9.17, 15) is 0 Å². The highest BCUT2D eigenvalue weighted by Crippen LogP contribution is 2.44. The molecule has 1 aromatic rings. The van der Waals surface area contributed by atoms with Gasteiger partial charge in [0.15, 0.2) is 0 Å². The molecule has 3 rings (SSSR count). The van der Waals surface area contributed by atoms with Crippen LogP contribution in [-0.2, 0) is 19.3 Å². The molecule has 18 heavy (non-hydrogen) atoms. The van der Waals surface area contributed by atoms with E-state index in [1.807, 2.05) is 7.05 Å². The summed E-state index contributed by atoms with van der Waals surface area (Å²) in [4.78, 5) is 0. The summed E-state index contributed by atoms with van der Waals surface area (Å²) in [6, 6.07) is 0. The molecular weight excluding hydrogens is 226 g/mol. The molecule has 0 radical (unpaired) electrons. The van der Waals surface area contributed by atoms with Gasteiger partial charge in [-0.2, -0.15) is 0 Å². The van der Waals surface area contributed by atoms with E-state index >= 15 is 0 Å². The van der Waals surface area contributed by atoms with Gasteiger partial charge in [-0.1, -0.05) is 0 Å². The molecule has 0 aromatic heterocycles. The standard InChI is InChI=1S/C15H21NO2/c1-10-11-5-8-18-15(11)12(4-3-7-16-2)13-6-9-17-14(10)13/h16H,3-9H2,1-2H3. The summed E-state index contributed by atoms with van der Waals surface area (Å²) in [7, 11) is 2.00. The van der Waals surface area contributed by atoms with Crippen LogP contribution >= 0.6 is 0 Å². The van der Waals surface area contributed by atoms with E-state index in [1.165, 1.54) is 28.0 Å². The van der Waals surface area contributed by atoms with Crippen LogP contribution in [0.4, 0.5) is 0 Å². The Morgan fingerprint density at radius 2 is 1.78 bits per heavy atom. The van der Waals surface area contributed by atoms with Gasteiger partial charge in [0.1, 0.15) is 11.5 Å². The molecule has 2 aliphatic rings. The van der Waals surface area contributed by atoms with Crippen LogP contribution in [0.1, 0.15) is 28.7 Å². The van der Waals surface area contributed by atoms with Crippen molar-refractivity contribution in [2.24, 2.45) is 0 Å². The SMILES string of the molecule is CNCCCc1c2c(c(C)c3c1OCC3)OCC2. The summed E-state index contributed by atoms with van der Waals surface area (Å²) >= 11 is 0. The second-order valence-corrected chi connectivity index (χ2v) is 5.12. The fraction of sp³-hybridized carbons (Fsp3) is 0.600. The quantitative estimate of drug-likeness (QED) is 0.826. The van der Waals surface area contributed by atoms with E-state index in [-0.39, 0.29) is 0 Å². The Morgan fingerprint density at radius 1 is 1.06 bits per heavy atom. The molecule has 3 nitrogen and oxygen atoms in total. The number of hydrogen-bond donors (Lipinski definition) is 1. The van der Waals surface area contributed by atoms with Gasteiger partial charge in [-0.25, -0.2) is 0 Å². The number of fused-ring (bicyclic) bond motifs is 2. The molecule has 1 N–H and O–H groups in total. The third-order valence-corrected chi connectivity index (χ3v) is 4.03. The minimum absolute atomic E-state index is 0.831. The first-order valence-corrected chi connectivity index (χ1v) is 6.90. The Hall–Kier alpha value is -1.22. The van der Waals surface area contributed by atoms with Crippen molar-refractivity contribution in [2.45, 2.75) is 32.6 Å². The largest absolute Gasteiger partial charge is 0.493 e. The van der Waals surface area contributed by atoms with Crippen molar-refractivity contribution in [3.05, 3.63) is 22.3 Å². The van der Waals surface area contributed by atoms with Crippen molar-refractivity contribution in [3.63, 3.8) is 0 Å². The molecule has 2 aliphatic heterocycles. The number of benzene rings is 1. The molecular formula is C15H21NO2. The van der Waals surface area contributed by atoms with Crippen molar-refractivity contribution in [2.75, 3.05) is 26.8 Å². The van der Waals surface area contributed by atoms with Gasteiger partial charge in [-0.3, -0.25) is 0 Å². The second-order valence-electron chi connectivity index (χ2n) is 5.12. The first-order chi connectivity index (χ1) is 8.83. The average molecular weight is 247 g/mol. The van der Waals surface area contributed by atoms with E-state index < -0.39 is 0 Å². The van der Waals surface area contributed by atoms with Crippen LogP contribution in [0.3, 0.4) is 0 Å². The van der Waals surface area contributed by atoms with E-state index in [1.54, 1.807) is 0 Å². The minimum Gasteiger partial charge on any atom is -0.493 e. The van der Waals surface area contributed by atoms with Crippen LogP contribution in [0.25, 0.3) is 0 Å². The predicted octanol–water partition coefficient (Wildman–Crippen LogP) is 2.02. The van der Waals surface area contributed by atoms with E-state index in [4.69, 9.17) is 9.47 Å². The molecule has 0 amide bonds. The third kappa shape index (κ3) is 1.77. The molecule has 3 heteroatoms. The molecule has 0 saturated carbocycles. The zero-order valence-corrected chi connectivity index (χ0v) is 11.3. The Labute approximate surface area is 108 Å². The Balaban J connectivity index is 2.01. The fourth-order valence-electron chi connectivity index (χ4n) is 3.14. The molecule has 0 aliphatic carbocycles. The molecule has 0 spiro atoms. The zero-order chi connectivity index (χ0) is 12.5. The summed E-state index contributed by atoms with van der Waals surface area (Å²) in [6.07, 6.45) is 4.33. The number of hydrogen-bond acceptors (Lipinski definition) is 3. The first-order valence-electron chi connectivity index (χ1n) is 6.90. The number of ether oxygens (including phenoxy) is 2. The average Bonchev–Trinajstić information content (AvgIpc) is 3.02. The summed E-state index contributed by atoms with van der Waals surface area (Å²) in [5.74, 6) is 2.33. The molecule has 0 saturated heterocycles. The summed E-state index contributed by atoms with van der Waals surface area (Å²) < 4.78 is 11.7. The lowest BCUT2D eigenvalue weighted by Gasteiger charge is -2.15. The van der Waals surface area contributed by atoms with Crippen molar-refractivity contribution in [1.82, 2.24) is 5.32 Å². The highest BCUT2D eigenvalue weighted by molar-refractivity contribution is 5.61. The normalized spacial score (nSPS) is 16.1. The van der Waals surface area contributed by atoms with Gasteiger partial charge in [0.25, 0.3) is 0 Å². The van der Waals surface area contributed by atoms with Crippen molar-refractivity contribution in [1.29, 1.82) is 0 Å². The van der Waals surface area contributed by atoms with Crippen LogP contribution < -0.4 is 14.8 Å². The second kappa shape index (κ2) is 4.81. The lowest BCUT2D eigenvalue weighted by atomic mass is 9.92. The molecule has 1 aromatic carbocycles. The summed E-state index contributed by atoms with van der Waals surface area (Å²) in [6.45, 7) is 4.89. The van der Waals surface area contributed by atoms with Gasteiger partial charge in [-0.15, -0.1) is 0 Å². The van der Waals surface area contributed by atoms with Gasteiger partial charge < -0.3 is 14.8 Å². The third-order valence-electron chi connectivity index (χ3n) is 4.03. The predicted molar refractivity (Wildman–Crippen MR) is 71.8 cm³/mol. The van der Waals surface area contributed by atoms with E-state index in [0.29, 0.717) is 0 Å². The van der Waals surface area contributed by atoms with Crippen LogP contribution in [0, 0.1) is 6.92 Å². The van der Waals surface area contributed by atoms with E-state index in [2.05, 4.69) is 12.2 Å². The smallest absolute Gasteiger partial charge is 0.126 e. The maximum absolute atomic E-state index is 5.89. The Morgan fingerprint density at radius 3 is 2.56 bits per heavy atom. The van der Waals surface area contributed by atoms with E-state index in [0.717, 1.165) is 51.2 Å². The van der Waals surface area contributed by atoms with Gasteiger partial charge in [0.2, 0.25) is 0 Å². The van der Waals surface area contributed by atoms with Crippen LogP contribution in [0.5, 0.6) is 11.5 Å². The van der Waals surface area contributed by atoms with Gasteiger partial charge in [0, 0.05) is 29.5 Å². The molecule has 98 valence electrons. The van der Waals surface area contributed by atoms with Gasteiger partial charge >= 0.3 is 0 Å². The highest BCUT2D eigenvalue weighted by Gasteiger charge is 2.28. The Bertz CT molecular complexity index is 433. The first kappa shape index (κ1) is 11.8. The molecule has 2 heterocycles. The van der Waals surface area contributed by atoms with Crippen LogP contribution in [-0.4, -0.2) is 26.8 Å². The lowest BCUT2D eigenvalue weighted by molar-refractivity contribution is 0.352. The summed E-state index contributed by atoms with van der Waals surface area (Å²) in [5, 5.41) is 3.21. The van der Waals surface area contributed by atoms with Crippen molar-refractivity contribution >= 4 is 0 Å². The molecule has 0 unspecified atom stereocenters. The molecule has 0 fully saturated rings. The monoisotopic (exact) mass is 247 g/mol.